The van der Waals surface area contributed by atoms with Crippen LogP contribution in [0.1, 0.15) is 31.7 Å². The lowest BCUT2D eigenvalue weighted by Gasteiger charge is -2.39. The Morgan fingerprint density at radius 2 is 2.11 bits per heavy atom. The van der Waals surface area contributed by atoms with Gasteiger partial charge in [0.15, 0.2) is 0 Å². The maximum absolute atomic E-state index is 6.34. The SMILES string of the molecule is CC1(COc2ccc(C3(N)CCC3)cc2Br)COC1. The van der Waals surface area contributed by atoms with Crippen LogP contribution in [0.3, 0.4) is 0 Å². The molecule has 1 saturated carbocycles. The third kappa shape index (κ3) is 2.54. The van der Waals surface area contributed by atoms with Gasteiger partial charge in [-0.05, 0) is 52.9 Å². The molecule has 0 aromatic heterocycles. The highest BCUT2D eigenvalue weighted by Gasteiger charge is 2.36. The van der Waals surface area contributed by atoms with Gasteiger partial charge in [0.25, 0.3) is 0 Å². The second-order valence-corrected chi connectivity index (χ2v) is 7.10. The zero-order valence-electron chi connectivity index (χ0n) is 11.2. The van der Waals surface area contributed by atoms with E-state index in [0.29, 0.717) is 6.61 Å². The minimum Gasteiger partial charge on any atom is -0.492 e. The third-order valence-electron chi connectivity index (χ3n) is 4.23. The van der Waals surface area contributed by atoms with Crippen molar-refractivity contribution in [3.05, 3.63) is 28.2 Å². The van der Waals surface area contributed by atoms with Gasteiger partial charge in [0.05, 0.1) is 24.3 Å². The van der Waals surface area contributed by atoms with Crippen molar-refractivity contribution in [3.63, 3.8) is 0 Å². The zero-order valence-corrected chi connectivity index (χ0v) is 12.8. The lowest BCUT2D eigenvalue weighted by atomic mass is 9.73. The lowest BCUT2D eigenvalue weighted by Crippen LogP contribution is -2.44. The Morgan fingerprint density at radius 1 is 1.37 bits per heavy atom. The fourth-order valence-electron chi connectivity index (χ4n) is 2.56. The van der Waals surface area contributed by atoms with Gasteiger partial charge in [-0.2, -0.15) is 0 Å². The molecule has 1 heterocycles. The van der Waals surface area contributed by atoms with Crippen LogP contribution in [0.25, 0.3) is 0 Å². The molecule has 1 aromatic carbocycles. The molecule has 0 spiro atoms. The number of ether oxygens (including phenoxy) is 2. The Morgan fingerprint density at radius 3 is 2.58 bits per heavy atom. The molecule has 1 aromatic rings. The molecule has 0 bridgehead atoms. The minimum atomic E-state index is -0.116. The molecule has 19 heavy (non-hydrogen) atoms. The molecule has 0 radical (unpaired) electrons. The van der Waals surface area contributed by atoms with Crippen molar-refractivity contribution < 1.29 is 9.47 Å². The highest BCUT2D eigenvalue weighted by atomic mass is 79.9. The fraction of sp³-hybridized carbons (Fsp3) is 0.600. The van der Waals surface area contributed by atoms with Crippen LogP contribution in [0.15, 0.2) is 22.7 Å². The predicted molar refractivity (Wildman–Crippen MR) is 78.3 cm³/mol. The average Bonchev–Trinajstić information content (AvgIpc) is 2.32. The summed E-state index contributed by atoms with van der Waals surface area (Å²) in [6.45, 7) is 4.45. The third-order valence-corrected chi connectivity index (χ3v) is 4.85. The van der Waals surface area contributed by atoms with Crippen LogP contribution < -0.4 is 10.5 Å². The van der Waals surface area contributed by atoms with E-state index in [1.54, 1.807) is 0 Å². The first-order valence-electron chi connectivity index (χ1n) is 6.80. The number of halogens is 1. The number of nitrogens with two attached hydrogens (primary N) is 1. The maximum Gasteiger partial charge on any atom is 0.133 e. The number of hydrogen-bond acceptors (Lipinski definition) is 3. The molecule has 3 nitrogen and oxygen atoms in total. The largest absolute Gasteiger partial charge is 0.492 e. The molecule has 4 heteroatoms. The molecule has 2 fully saturated rings. The standard InChI is InChI=1S/C15H20BrNO2/c1-14(8-18-9-14)10-19-13-4-3-11(7-12(13)16)15(17)5-2-6-15/h3-4,7H,2,5-6,8-10,17H2,1H3. The number of benzene rings is 1. The number of rotatable bonds is 4. The molecule has 0 amide bonds. The predicted octanol–water partition coefficient (Wildman–Crippen LogP) is 3.20. The second kappa shape index (κ2) is 4.76. The van der Waals surface area contributed by atoms with E-state index in [-0.39, 0.29) is 11.0 Å². The van der Waals surface area contributed by atoms with Crippen molar-refractivity contribution in [3.8, 4) is 5.75 Å². The van der Waals surface area contributed by atoms with E-state index in [1.807, 2.05) is 6.07 Å². The van der Waals surface area contributed by atoms with Crippen LogP contribution in [0, 0.1) is 5.41 Å². The topological polar surface area (TPSA) is 44.5 Å². The van der Waals surface area contributed by atoms with Crippen molar-refractivity contribution in [1.82, 2.24) is 0 Å². The van der Waals surface area contributed by atoms with Gasteiger partial charge >= 0.3 is 0 Å². The van der Waals surface area contributed by atoms with E-state index in [1.165, 1.54) is 12.0 Å². The molecule has 2 N–H and O–H groups in total. The van der Waals surface area contributed by atoms with Crippen molar-refractivity contribution in [2.75, 3.05) is 19.8 Å². The Kier molecular flexibility index (Phi) is 3.36. The first-order valence-corrected chi connectivity index (χ1v) is 7.60. The Labute approximate surface area is 122 Å². The zero-order chi connectivity index (χ0) is 13.5. The summed E-state index contributed by atoms with van der Waals surface area (Å²) in [4.78, 5) is 0. The molecule has 2 aliphatic rings. The van der Waals surface area contributed by atoms with Crippen LogP contribution in [0.4, 0.5) is 0 Å². The molecule has 104 valence electrons. The molecule has 0 atom stereocenters. The quantitative estimate of drug-likeness (QED) is 0.924. The van der Waals surface area contributed by atoms with E-state index in [9.17, 15) is 0 Å². The summed E-state index contributed by atoms with van der Waals surface area (Å²) in [6, 6.07) is 6.22. The monoisotopic (exact) mass is 325 g/mol. The Hall–Kier alpha value is -0.580. The van der Waals surface area contributed by atoms with Crippen LogP contribution in [0.2, 0.25) is 0 Å². The normalized spacial score (nSPS) is 23.3. The summed E-state index contributed by atoms with van der Waals surface area (Å²) >= 11 is 3.59. The molecule has 1 saturated heterocycles. The van der Waals surface area contributed by atoms with Gasteiger partial charge in [-0.15, -0.1) is 0 Å². The van der Waals surface area contributed by atoms with E-state index in [2.05, 4.69) is 35.0 Å². The van der Waals surface area contributed by atoms with Crippen LogP contribution in [-0.4, -0.2) is 19.8 Å². The molecule has 1 aliphatic heterocycles. The highest BCUT2D eigenvalue weighted by Crippen LogP contribution is 2.41. The van der Waals surface area contributed by atoms with Crippen molar-refractivity contribution >= 4 is 15.9 Å². The summed E-state index contributed by atoms with van der Waals surface area (Å²) in [6.07, 6.45) is 3.38. The summed E-state index contributed by atoms with van der Waals surface area (Å²) in [5, 5.41) is 0. The van der Waals surface area contributed by atoms with E-state index in [0.717, 1.165) is 36.3 Å². The van der Waals surface area contributed by atoms with Crippen molar-refractivity contribution in [1.29, 1.82) is 0 Å². The Bertz CT molecular complexity index is 481. The average molecular weight is 326 g/mol. The van der Waals surface area contributed by atoms with Crippen LogP contribution in [-0.2, 0) is 10.3 Å². The van der Waals surface area contributed by atoms with Crippen molar-refractivity contribution in [2.24, 2.45) is 11.1 Å². The van der Waals surface area contributed by atoms with Gasteiger partial charge in [-0.1, -0.05) is 13.0 Å². The van der Waals surface area contributed by atoms with Gasteiger partial charge in [0.2, 0.25) is 0 Å². The second-order valence-electron chi connectivity index (χ2n) is 6.25. The van der Waals surface area contributed by atoms with E-state index >= 15 is 0 Å². The van der Waals surface area contributed by atoms with E-state index in [4.69, 9.17) is 15.2 Å². The first-order chi connectivity index (χ1) is 9.01. The molecular weight excluding hydrogens is 306 g/mol. The highest BCUT2D eigenvalue weighted by molar-refractivity contribution is 9.10. The summed E-state index contributed by atoms with van der Waals surface area (Å²) in [7, 11) is 0. The van der Waals surface area contributed by atoms with Gasteiger partial charge in [-0.3, -0.25) is 0 Å². The van der Waals surface area contributed by atoms with Crippen LogP contribution >= 0.6 is 15.9 Å². The summed E-state index contributed by atoms with van der Waals surface area (Å²) in [5.74, 6) is 0.889. The maximum atomic E-state index is 6.34. The number of hydrogen-bond donors (Lipinski definition) is 1. The fourth-order valence-corrected chi connectivity index (χ4v) is 3.05. The lowest BCUT2D eigenvalue weighted by molar-refractivity contribution is -0.120. The summed E-state index contributed by atoms with van der Waals surface area (Å²) < 4.78 is 12.1. The van der Waals surface area contributed by atoms with Gasteiger partial charge in [0.1, 0.15) is 5.75 Å². The smallest absolute Gasteiger partial charge is 0.133 e. The van der Waals surface area contributed by atoms with E-state index < -0.39 is 0 Å². The van der Waals surface area contributed by atoms with Crippen molar-refractivity contribution in [2.45, 2.75) is 31.7 Å². The minimum absolute atomic E-state index is 0.116. The first kappa shape index (κ1) is 13.4. The van der Waals surface area contributed by atoms with Gasteiger partial charge in [0, 0.05) is 11.0 Å². The van der Waals surface area contributed by atoms with Crippen LogP contribution in [0.5, 0.6) is 5.75 Å². The molecule has 1 aliphatic carbocycles. The van der Waals surface area contributed by atoms with Gasteiger partial charge < -0.3 is 15.2 Å². The summed E-state index contributed by atoms with van der Waals surface area (Å²) in [5.41, 5.74) is 7.60. The Balaban J connectivity index is 1.69. The van der Waals surface area contributed by atoms with Gasteiger partial charge in [-0.25, -0.2) is 0 Å². The molecular formula is C15H20BrNO2. The molecule has 3 rings (SSSR count). The molecule has 0 unspecified atom stereocenters.